The van der Waals surface area contributed by atoms with Gasteiger partial charge in [0.1, 0.15) is 0 Å². The van der Waals surface area contributed by atoms with E-state index in [2.05, 4.69) is 20.8 Å². The third-order valence-electron chi connectivity index (χ3n) is 8.69. The Hall–Kier alpha value is -3.16. The van der Waals surface area contributed by atoms with Crippen LogP contribution in [-0.2, 0) is 52.2 Å². The van der Waals surface area contributed by atoms with Gasteiger partial charge in [-0.25, -0.2) is 0 Å². The molecule has 3 atom stereocenters. The summed E-state index contributed by atoms with van der Waals surface area (Å²) in [5.74, 6) is -4.98. The molecule has 3 unspecified atom stereocenters. The first kappa shape index (κ1) is 49.8. The standard InChI is InChI=1S/3C12H20O4.C4H9.Sn/c3*1-3-5-6-10(4-2)9-16-12(15)8-7-11(13)14;1-3-4-2;/h3*7-8,10H,3-6,9H2,1-2H3,(H,13,14);1,3-4H2,2H3;/q;;;;+3/p-3/b3*8-7+;;. The molecule has 302 valence electrons. The zero-order valence-electron chi connectivity index (χ0n) is 33.3. The predicted molar refractivity (Wildman–Crippen MR) is 204 cm³/mol. The van der Waals surface area contributed by atoms with E-state index in [1.807, 2.05) is 27.7 Å². The number of hydrogen-bond acceptors (Lipinski definition) is 12. The van der Waals surface area contributed by atoms with Gasteiger partial charge in [-0.05, 0) is 0 Å². The van der Waals surface area contributed by atoms with Gasteiger partial charge in [0, 0.05) is 0 Å². The van der Waals surface area contributed by atoms with Crippen LogP contribution in [0.25, 0.3) is 0 Å². The van der Waals surface area contributed by atoms with E-state index in [-0.39, 0.29) is 42.0 Å². The van der Waals surface area contributed by atoms with Gasteiger partial charge in [0.15, 0.2) is 0 Å². The van der Waals surface area contributed by atoms with Crippen LogP contribution in [-0.4, -0.2) is 75.3 Å². The summed E-state index contributed by atoms with van der Waals surface area (Å²) in [5, 5.41) is 0. The number of esters is 3. The van der Waals surface area contributed by atoms with Crippen molar-refractivity contribution in [1.82, 2.24) is 0 Å². The van der Waals surface area contributed by atoms with Crippen molar-refractivity contribution >= 4 is 55.4 Å². The number of unbranched alkanes of at least 4 members (excludes halogenated alkanes) is 4. The fourth-order valence-electron chi connectivity index (χ4n) is 5.02. The summed E-state index contributed by atoms with van der Waals surface area (Å²) in [4.78, 5) is 76.3. The Morgan fingerprint density at radius 2 is 0.679 bits per heavy atom. The molecule has 0 aliphatic rings. The molecular weight excluding hydrogens is 791 g/mol. The second-order valence-electron chi connectivity index (χ2n) is 13.2. The Morgan fingerprint density at radius 1 is 0.415 bits per heavy atom. The van der Waals surface area contributed by atoms with Gasteiger partial charge in [0.05, 0.1) is 0 Å². The summed E-state index contributed by atoms with van der Waals surface area (Å²) < 4.78 is 32.6. The van der Waals surface area contributed by atoms with Crippen molar-refractivity contribution in [2.75, 3.05) is 19.8 Å². The Bertz CT molecular complexity index is 1040. The zero-order chi connectivity index (χ0) is 39.9. The van der Waals surface area contributed by atoms with Crippen LogP contribution >= 0.6 is 0 Å². The van der Waals surface area contributed by atoms with Crippen molar-refractivity contribution in [3.05, 3.63) is 36.5 Å². The van der Waals surface area contributed by atoms with Gasteiger partial charge < -0.3 is 0 Å². The predicted octanol–water partition coefficient (Wildman–Crippen LogP) is 8.30. The van der Waals surface area contributed by atoms with Crippen molar-refractivity contribution in [2.24, 2.45) is 17.8 Å². The van der Waals surface area contributed by atoms with Gasteiger partial charge in [-0.1, -0.05) is 0 Å². The van der Waals surface area contributed by atoms with Gasteiger partial charge in [-0.15, -0.1) is 0 Å². The molecule has 0 saturated carbocycles. The van der Waals surface area contributed by atoms with E-state index in [0.29, 0.717) is 12.8 Å². The molecule has 12 nitrogen and oxygen atoms in total. The van der Waals surface area contributed by atoms with Crippen molar-refractivity contribution in [3.63, 3.8) is 0 Å². The molecule has 0 amide bonds. The Balaban J connectivity index is 6.01. The maximum atomic E-state index is 13.0. The normalized spacial score (nSPS) is 14.3. The molecule has 0 rings (SSSR count). The van der Waals surface area contributed by atoms with E-state index in [1.165, 1.54) is 0 Å². The van der Waals surface area contributed by atoms with E-state index >= 15 is 0 Å². The average Bonchev–Trinajstić information content (AvgIpc) is 3.14. The summed E-state index contributed by atoms with van der Waals surface area (Å²) in [6.07, 6.45) is 17.4. The van der Waals surface area contributed by atoms with Crippen LogP contribution < -0.4 is 0 Å². The second-order valence-corrected chi connectivity index (χ2v) is 20.3. The SMILES string of the molecule is CCCCC(CC)COC(=O)/C=C/C(=O)[O][Sn]([CH2]CCC)([O]C(=O)/C=C/C(=O)OCC(CC)CCCC)[O]C(=O)/C=C/C(=O)OCC(CC)CCCC. The molecule has 0 bridgehead atoms. The first-order valence-electron chi connectivity index (χ1n) is 19.6. The third-order valence-corrected chi connectivity index (χ3v) is 15.8. The van der Waals surface area contributed by atoms with Crippen molar-refractivity contribution in [3.8, 4) is 0 Å². The second kappa shape index (κ2) is 31.2. The average molecular weight is 858 g/mol. The number of carbonyl (C=O) groups is 6. The molecule has 53 heavy (non-hydrogen) atoms. The topological polar surface area (TPSA) is 158 Å². The maximum absolute atomic E-state index is 13.0. The molecule has 13 heteroatoms. The van der Waals surface area contributed by atoms with Crippen LogP contribution in [0.1, 0.15) is 138 Å². The van der Waals surface area contributed by atoms with E-state index in [1.54, 1.807) is 0 Å². The van der Waals surface area contributed by atoms with Gasteiger partial charge in [-0.2, -0.15) is 0 Å². The van der Waals surface area contributed by atoms with Crippen molar-refractivity contribution in [1.29, 1.82) is 0 Å². The molecular formula is C40H66O12Sn. The van der Waals surface area contributed by atoms with E-state index in [0.717, 1.165) is 114 Å². The number of ether oxygens (including phenoxy) is 3. The fraction of sp³-hybridized carbons (Fsp3) is 0.700. The molecule has 0 saturated heterocycles. The molecule has 0 spiro atoms. The monoisotopic (exact) mass is 858 g/mol. The Labute approximate surface area is 323 Å². The first-order valence-corrected chi connectivity index (χ1v) is 25.2. The van der Waals surface area contributed by atoms with Gasteiger partial charge in [0.2, 0.25) is 0 Å². The molecule has 0 aromatic carbocycles. The quantitative estimate of drug-likeness (QED) is 0.0295. The molecule has 0 N–H and O–H groups in total. The number of rotatable bonds is 30. The Morgan fingerprint density at radius 3 is 0.925 bits per heavy atom. The summed E-state index contributed by atoms with van der Waals surface area (Å²) in [7, 11) is 0. The van der Waals surface area contributed by atoms with Crippen molar-refractivity contribution < 1.29 is 52.2 Å². The van der Waals surface area contributed by atoms with Gasteiger partial charge >= 0.3 is 324 Å². The molecule has 0 aromatic heterocycles. The van der Waals surface area contributed by atoms with E-state index in [4.69, 9.17) is 23.4 Å². The minimum absolute atomic E-state index is 0.0932. The summed E-state index contributed by atoms with van der Waals surface area (Å²) in [6, 6.07) is 0. The van der Waals surface area contributed by atoms with Crippen LogP contribution in [0.3, 0.4) is 0 Å². The third kappa shape index (κ3) is 25.5. The zero-order valence-corrected chi connectivity index (χ0v) is 36.2. The number of carbonyl (C=O) groups excluding carboxylic acids is 6. The molecule has 0 fully saturated rings. The van der Waals surface area contributed by atoms with Crippen LogP contribution in [0.4, 0.5) is 0 Å². The Kier molecular flexibility index (Phi) is 29.4. The van der Waals surface area contributed by atoms with Gasteiger partial charge in [0.25, 0.3) is 0 Å². The van der Waals surface area contributed by atoms with Crippen LogP contribution in [0.5, 0.6) is 0 Å². The fourth-order valence-corrected chi connectivity index (χ4v) is 11.7. The summed E-state index contributed by atoms with van der Waals surface area (Å²) in [6.45, 7) is 14.7. The van der Waals surface area contributed by atoms with Crippen LogP contribution in [0, 0.1) is 17.8 Å². The number of hydrogen-bond donors (Lipinski definition) is 0. The van der Waals surface area contributed by atoms with Gasteiger partial charge in [-0.3, -0.25) is 0 Å². The first-order chi connectivity index (χ1) is 25.4. The van der Waals surface area contributed by atoms with E-state index in [9.17, 15) is 28.8 Å². The molecule has 0 aliphatic heterocycles. The van der Waals surface area contributed by atoms with E-state index < -0.39 is 55.4 Å². The van der Waals surface area contributed by atoms with Crippen LogP contribution in [0.15, 0.2) is 36.5 Å². The minimum atomic E-state index is -5.54. The molecule has 0 aliphatic carbocycles. The molecule has 0 aromatic rings. The summed E-state index contributed by atoms with van der Waals surface area (Å²) >= 11 is -5.54. The van der Waals surface area contributed by atoms with Crippen LogP contribution in [0.2, 0.25) is 4.44 Å². The summed E-state index contributed by atoms with van der Waals surface area (Å²) in [5.41, 5.74) is 0. The molecule has 0 radical (unpaired) electrons. The van der Waals surface area contributed by atoms with Crippen molar-refractivity contribution in [2.45, 2.75) is 143 Å². The molecule has 0 heterocycles.